The summed E-state index contributed by atoms with van der Waals surface area (Å²) in [5, 5.41) is 3.18. The van der Waals surface area contributed by atoms with Crippen molar-refractivity contribution in [2.24, 2.45) is 5.92 Å². The molecule has 0 fully saturated rings. The molecule has 0 aliphatic heterocycles. The van der Waals surface area contributed by atoms with Crippen LogP contribution in [0.3, 0.4) is 0 Å². The molecule has 1 unspecified atom stereocenters. The summed E-state index contributed by atoms with van der Waals surface area (Å²) in [6.07, 6.45) is 1.11. The van der Waals surface area contributed by atoms with E-state index in [0.29, 0.717) is 12.0 Å². The van der Waals surface area contributed by atoms with Crippen molar-refractivity contribution < 1.29 is 0 Å². The molecule has 18 heavy (non-hydrogen) atoms. The third-order valence-electron chi connectivity index (χ3n) is 3.78. The maximum absolute atomic E-state index is 3.18. The fourth-order valence-corrected chi connectivity index (χ4v) is 2.02. The van der Waals surface area contributed by atoms with Crippen LogP contribution in [-0.4, -0.2) is 31.6 Å². The summed E-state index contributed by atoms with van der Waals surface area (Å²) in [7, 11) is 4.20. The van der Waals surface area contributed by atoms with Gasteiger partial charge in [-0.15, -0.1) is 0 Å². The van der Waals surface area contributed by atoms with Crippen molar-refractivity contribution in [3.05, 3.63) is 35.4 Å². The van der Waals surface area contributed by atoms with Gasteiger partial charge in [0.15, 0.2) is 0 Å². The van der Waals surface area contributed by atoms with Gasteiger partial charge in [0.05, 0.1) is 0 Å². The van der Waals surface area contributed by atoms with Crippen molar-refractivity contribution in [1.82, 2.24) is 10.2 Å². The molecule has 0 bridgehead atoms. The molecule has 2 nitrogen and oxygen atoms in total. The van der Waals surface area contributed by atoms with E-state index >= 15 is 0 Å². The molecule has 1 rings (SSSR count). The molecule has 0 saturated heterocycles. The van der Waals surface area contributed by atoms with Gasteiger partial charge in [-0.05, 0) is 51.0 Å². The number of nitrogens with one attached hydrogen (secondary N) is 1. The van der Waals surface area contributed by atoms with Crippen LogP contribution in [0.2, 0.25) is 0 Å². The summed E-state index contributed by atoms with van der Waals surface area (Å²) in [4.78, 5) is 2.42. The van der Waals surface area contributed by atoms with E-state index in [1.165, 1.54) is 11.1 Å². The topological polar surface area (TPSA) is 15.3 Å². The van der Waals surface area contributed by atoms with Crippen LogP contribution in [0.15, 0.2) is 24.3 Å². The Morgan fingerprint density at radius 3 is 2.11 bits per heavy atom. The molecular weight excluding hydrogens is 220 g/mol. The predicted octanol–water partition coefficient (Wildman–Crippen LogP) is 2.92. The average molecular weight is 248 g/mol. The van der Waals surface area contributed by atoms with Gasteiger partial charge < -0.3 is 5.32 Å². The first kappa shape index (κ1) is 15.2. The molecule has 0 radical (unpaired) electrons. The smallest absolute Gasteiger partial charge is 0.0233 e. The Morgan fingerprint density at radius 2 is 1.61 bits per heavy atom. The van der Waals surface area contributed by atoms with E-state index in [9.17, 15) is 0 Å². The lowest BCUT2D eigenvalue weighted by molar-refractivity contribution is 0.200. The molecule has 2 heteroatoms. The molecule has 0 saturated carbocycles. The minimum absolute atomic E-state index is 0.619. The summed E-state index contributed by atoms with van der Waals surface area (Å²) in [6.45, 7) is 8.94. The third kappa shape index (κ3) is 4.79. The fourth-order valence-electron chi connectivity index (χ4n) is 2.02. The van der Waals surface area contributed by atoms with Crippen molar-refractivity contribution in [2.45, 2.75) is 39.8 Å². The molecule has 1 atom stereocenters. The zero-order chi connectivity index (χ0) is 13.5. The Morgan fingerprint density at radius 1 is 1.06 bits per heavy atom. The van der Waals surface area contributed by atoms with E-state index in [-0.39, 0.29) is 0 Å². The first-order valence-electron chi connectivity index (χ1n) is 6.97. The second kappa shape index (κ2) is 7.55. The third-order valence-corrected chi connectivity index (χ3v) is 3.78. The Hall–Kier alpha value is -0.860. The van der Waals surface area contributed by atoms with Crippen LogP contribution in [0.25, 0.3) is 0 Å². The number of rotatable bonds is 7. The molecule has 0 aliphatic carbocycles. The highest BCUT2D eigenvalue weighted by Crippen LogP contribution is 2.13. The Balaban J connectivity index is 2.52. The maximum Gasteiger partial charge on any atom is 0.0233 e. The summed E-state index contributed by atoms with van der Waals surface area (Å²) in [5.74, 6) is 0.699. The van der Waals surface area contributed by atoms with Crippen LogP contribution in [0.5, 0.6) is 0 Å². The number of nitrogens with zero attached hydrogens (tertiary/aromatic N) is 1. The van der Waals surface area contributed by atoms with Crippen LogP contribution < -0.4 is 5.32 Å². The van der Waals surface area contributed by atoms with Crippen LogP contribution in [0.4, 0.5) is 0 Å². The molecule has 102 valence electrons. The second-order valence-electron chi connectivity index (χ2n) is 5.57. The molecule has 0 spiro atoms. The normalized spacial score (nSPS) is 13.3. The van der Waals surface area contributed by atoms with Gasteiger partial charge in [0.1, 0.15) is 0 Å². The van der Waals surface area contributed by atoms with E-state index < -0.39 is 0 Å². The van der Waals surface area contributed by atoms with Crippen LogP contribution in [-0.2, 0) is 13.0 Å². The van der Waals surface area contributed by atoms with Crippen molar-refractivity contribution in [3.8, 4) is 0 Å². The van der Waals surface area contributed by atoms with E-state index in [1.54, 1.807) is 0 Å². The molecule has 1 N–H and O–H groups in total. The van der Waals surface area contributed by atoms with Gasteiger partial charge in [-0.2, -0.15) is 0 Å². The molecule has 0 amide bonds. The predicted molar refractivity (Wildman–Crippen MR) is 79.8 cm³/mol. The highest BCUT2D eigenvalue weighted by molar-refractivity contribution is 5.22. The molecule has 1 aromatic carbocycles. The molecule has 0 aliphatic rings. The standard InChI is InChI=1S/C16H28N2/c1-13(2)14(3)18(5)12-16-8-6-15(7-9-16)10-11-17-4/h6-9,13-14,17H,10-12H2,1-5H3. The van der Waals surface area contributed by atoms with Gasteiger partial charge in [0.25, 0.3) is 0 Å². The zero-order valence-electron chi connectivity index (χ0n) is 12.5. The molecular formula is C16H28N2. The number of benzene rings is 1. The van der Waals surface area contributed by atoms with Crippen LogP contribution >= 0.6 is 0 Å². The number of likely N-dealkylation sites (N-methyl/N-ethyl adjacent to an activating group) is 1. The largest absolute Gasteiger partial charge is 0.319 e. The minimum atomic E-state index is 0.619. The summed E-state index contributed by atoms with van der Waals surface area (Å²) in [5.41, 5.74) is 2.81. The van der Waals surface area contributed by atoms with Gasteiger partial charge in [0, 0.05) is 12.6 Å². The minimum Gasteiger partial charge on any atom is -0.319 e. The first-order valence-corrected chi connectivity index (χ1v) is 6.97. The van der Waals surface area contributed by atoms with Gasteiger partial charge >= 0.3 is 0 Å². The van der Waals surface area contributed by atoms with E-state index in [0.717, 1.165) is 19.5 Å². The Labute approximate surface area is 112 Å². The van der Waals surface area contributed by atoms with Gasteiger partial charge in [-0.1, -0.05) is 38.1 Å². The van der Waals surface area contributed by atoms with Gasteiger partial charge in [-0.3, -0.25) is 4.90 Å². The number of hydrogen-bond donors (Lipinski definition) is 1. The fraction of sp³-hybridized carbons (Fsp3) is 0.625. The summed E-state index contributed by atoms with van der Waals surface area (Å²) >= 11 is 0. The lowest BCUT2D eigenvalue weighted by Gasteiger charge is -2.27. The monoisotopic (exact) mass is 248 g/mol. The summed E-state index contributed by atoms with van der Waals surface area (Å²) in [6, 6.07) is 9.64. The molecule has 0 heterocycles. The second-order valence-corrected chi connectivity index (χ2v) is 5.57. The molecule has 0 aromatic heterocycles. The maximum atomic E-state index is 3.18. The van der Waals surface area contributed by atoms with Gasteiger partial charge in [-0.25, -0.2) is 0 Å². The van der Waals surface area contributed by atoms with Crippen molar-refractivity contribution >= 4 is 0 Å². The van der Waals surface area contributed by atoms with E-state index in [2.05, 4.69) is 62.3 Å². The lowest BCUT2D eigenvalue weighted by Crippen LogP contribution is -2.32. The van der Waals surface area contributed by atoms with E-state index in [1.807, 2.05) is 7.05 Å². The highest BCUT2D eigenvalue weighted by Gasteiger charge is 2.12. The quantitative estimate of drug-likeness (QED) is 0.798. The number of hydrogen-bond acceptors (Lipinski definition) is 2. The van der Waals surface area contributed by atoms with Gasteiger partial charge in [0.2, 0.25) is 0 Å². The van der Waals surface area contributed by atoms with Crippen LogP contribution in [0, 0.1) is 5.92 Å². The Kier molecular flexibility index (Phi) is 6.37. The van der Waals surface area contributed by atoms with E-state index in [4.69, 9.17) is 0 Å². The Bertz CT molecular complexity index is 329. The zero-order valence-corrected chi connectivity index (χ0v) is 12.5. The highest BCUT2D eigenvalue weighted by atomic mass is 15.1. The van der Waals surface area contributed by atoms with Crippen molar-refractivity contribution in [2.75, 3.05) is 20.6 Å². The summed E-state index contributed by atoms with van der Waals surface area (Å²) < 4.78 is 0. The van der Waals surface area contributed by atoms with Crippen molar-refractivity contribution in [1.29, 1.82) is 0 Å². The lowest BCUT2D eigenvalue weighted by atomic mass is 10.0. The van der Waals surface area contributed by atoms with Crippen molar-refractivity contribution in [3.63, 3.8) is 0 Å². The molecule has 1 aromatic rings. The first-order chi connectivity index (χ1) is 8.54. The average Bonchev–Trinajstić information content (AvgIpc) is 2.36. The SMILES string of the molecule is CNCCc1ccc(CN(C)C(C)C(C)C)cc1. The van der Waals surface area contributed by atoms with Crippen LogP contribution in [0.1, 0.15) is 31.9 Å².